The van der Waals surface area contributed by atoms with Crippen LogP contribution in [0.25, 0.3) is 17.1 Å². The minimum atomic E-state index is 0.642. The van der Waals surface area contributed by atoms with Gasteiger partial charge in [0.15, 0.2) is 12.5 Å². The highest BCUT2D eigenvalue weighted by Gasteiger charge is 2.19. The summed E-state index contributed by atoms with van der Waals surface area (Å²) in [7, 11) is 0. The van der Waals surface area contributed by atoms with Gasteiger partial charge in [-0.25, -0.2) is 0 Å². The summed E-state index contributed by atoms with van der Waals surface area (Å²) in [5.74, 6) is 1.68. The number of benzene rings is 2. The van der Waals surface area contributed by atoms with Crippen molar-refractivity contribution < 1.29 is 14.4 Å². The lowest BCUT2D eigenvalue weighted by molar-refractivity contribution is -0.930. The van der Waals surface area contributed by atoms with Crippen LogP contribution in [0.5, 0.6) is 5.75 Å². The molecule has 0 amide bonds. The molecule has 0 aliphatic carbocycles. The molecule has 1 aliphatic heterocycles. The number of morpholine rings is 1. The van der Waals surface area contributed by atoms with E-state index in [2.05, 4.69) is 28.1 Å². The third-order valence-electron chi connectivity index (χ3n) is 4.92. The Morgan fingerprint density at radius 2 is 1.79 bits per heavy atom. The third-order valence-corrected chi connectivity index (χ3v) is 5.84. The van der Waals surface area contributed by atoms with Gasteiger partial charge in [0, 0.05) is 10.0 Å². The lowest BCUT2D eigenvalue weighted by atomic mass is 10.2. The number of rotatable bonds is 6. The van der Waals surface area contributed by atoms with Gasteiger partial charge in [0.05, 0.1) is 25.5 Å². The average molecular weight is 476 g/mol. The topological polar surface area (TPSA) is 45.7 Å². The Kier molecular flexibility index (Phi) is 6.44. The zero-order valence-electron chi connectivity index (χ0n) is 16.3. The maximum Gasteiger partial charge on any atom is 0.207 e. The summed E-state index contributed by atoms with van der Waals surface area (Å²) in [6, 6.07) is 16.1. The minimum absolute atomic E-state index is 0.642. The van der Waals surface area contributed by atoms with E-state index in [1.54, 1.807) is 0 Å². The average Bonchev–Trinajstić information content (AvgIpc) is 3.06. The molecule has 1 fully saturated rings. The zero-order valence-corrected chi connectivity index (χ0v) is 18.7. The highest BCUT2D eigenvalue weighted by Crippen LogP contribution is 2.25. The predicted octanol–water partition coefficient (Wildman–Crippen LogP) is 3.10. The second-order valence-electron chi connectivity index (χ2n) is 6.90. The summed E-state index contributed by atoms with van der Waals surface area (Å²) in [6.45, 7) is 6.84. The first kappa shape index (κ1) is 20.3. The number of hydrogen-bond donors (Lipinski definition) is 1. The molecule has 1 aliphatic rings. The van der Waals surface area contributed by atoms with Gasteiger partial charge in [-0.1, -0.05) is 28.1 Å². The molecule has 0 radical (unpaired) electrons. The smallest absolute Gasteiger partial charge is 0.207 e. The summed E-state index contributed by atoms with van der Waals surface area (Å²) < 4.78 is 16.8. The molecule has 0 atom stereocenters. The molecular formula is C21H24BrN4O2S+. The van der Waals surface area contributed by atoms with E-state index in [1.165, 1.54) is 4.90 Å². The minimum Gasteiger partial charge on any atom is -0.494 e. The van der Waals surface area contributed by atoms with Crippen LogP contribution in [-0.2, 0) is 11.4 Å². The fourth-order valence-corrected chi connectivity index (χ4v) is 3.98. The van der Waals surface area contributed by atoms with Crippen LogP contribution in [0.4, 0.5) is 0 Å². The SMILES string of the molecule is CCOc1ccc(-n2c(-c3ccc(Br)cc3)nn(C[NH+]3CCOCC3)c2=S)cc1. The Hall–Kier alpha value is -2.00. The van der Waals surface area contributed by atoms with E-state index in [9.17, 15) is 0 Å². The first-order valence-electron chi connectivity index (χ1n) is 9.76. The fourth-order valence-electron chi connectivity index (χ4n) is 3.42. The van der Waals surface area contributed by atoms with Gasteiger partial charge in [-0.2, -0.15) is 4.68 Å². The molecule has 0 saturated carbocycles. The van der Waals surface area contributed by atoms with Gasteiger partial charge < -0.3 is 14.4 Å². The molecule has 29 heavy (non-hydrogen) atoms. The number of hydrogen-bond acceptors (Lipinski definition) is 4. The normalized spacial score (nSPS) is 14.8. The van der Waals surface area contributed by atoms with Crippen molar-refractivity contribution in [1.29, 1.82) is 0 Å². The molecule has 1 N–H and O–H groups in total. The van der Waals surface area contributed by atoms with Crippen molar-refractivity contribution in [2.75, 3.05) is 32.9 Å². The summed E-state index contributed by atoms with van der Waals surface area (Å²) in [4.78, 5) is 1.42. The molecule has 0 bridgehead atoms. The second-order valence-corrected chi connectivity index (χ2v) is 8.18. The Balaban J connectivity index is 1.76. The van der Waals surface area contributed by atoms with E-state index in [4.69, 9.17) is 26.8 Å². The lowest BCUT2D eigenvalue weighted by Crippen LogP contribution is -3.13. The van der Waals surface area contributed by atoms with Crippen LogP contribution in [0.15, 0.2) is 53.0 Å². The van der Waals surface area contributed by atoms with Gasteiger partial charge in [0.25, 0.3) is 0 Å². The van der Waals surface area contributed by atoms with E-state index >= 15 is 0 Å². The van der Waals surface area contributed by atoms with Crippen molar-refractivity contribution in [3.63, 3.8) is 0 Å². The van der Waals surface area contributed by atoms with Crippen molar-refractivity contribution in [2.45, 2.75) is 13.6 Å². The monoisotopic (exact) mass is 475 g/mol. The molecule has 1 saturated heterocycles. The Labute approximate surface area is 183 Å². The third kappa shape index (κ3) is 4.61. The van der Waals surface area contributed by atoms with Gasteiger partial charge in [-0.3, -0.25) is 4.57 Å². The Bertz CT molecular complexity index is 1010. The van der Waals surface area contributed by atoms with Gasteiger partial charge in [0.2, 0.25) is 4.77 Å². The Morgan fingerprint density at radius 1 is 1.10 bits per heavy atom. The molecule has 2 heterocycles. The largest absolute Gasteiger partial charge is 0.494 e. The van der Waals surface area contributed by atoms with E-state index in [-0.39, 0.29) is 0 Å². The van der Waals surface area contributed by atoms with E-state index < -0.39 is 0 Å². The van der Waals surface area contributed by atoms with Crippen LogP contribution < -0.4 is 9.64 Å². The molecule has 0 unspecified atom stereocenters. The van der Waals surface area contributed by atoms with Gasteiger partial charge >= 0.3 is 0 Å². The van der Waals surface area contributed by atoms with E-state index in [1.807, 2.05) is 52.6 Å². The van der Waals surface area contributed by atoms with Crippen molar-refractivity contribution in [1.82, 2.24) is 14.3 Å². The fraction of sp³-hybridized carbons (Fsp3) is 0.333. The predicted molar refractivity (Wildman–Crippen MR) is 118 cm³/mol. The number of aromatic nitrogens is 3. The molecule has 8 heteroatoms. The number of nitrogens with zero attached hydrogens (tertiary/aromatic N) is 3. The molecule has 3 aromatic rings. The maximum absolute atomic E-state index is 5.85. The summed E-state index contributed by atoms with van der Waals surface area (Å²) in [5.41, 5.74) is 1.99. The van der Waals surface area contributed by atoms with Crippen LogP contribution in [0.3, 0.4) is 0 Å². The van der Waals surface area contributed by atoms with Gasteiger partial charge in [-0.15, -0.1) is 5.10 Å². The summed E-state index contributed by atoms with van der Waals surface area (Å²) in [6.07, 6.45) is 0. The quantitative estimate of drug-likeness (QED) is 0.556. The van der Waals surface area contributed by atoms with Crippen LogP contribution >= 0.6 is 28.1 Å². The molecule has 1 aromatic heterocycles. The molecule has 4 rings (SSSR count). The summed E-state index contributed by atoms with van der Waals surface area (Å²) in [5, 5.41) is 4.91. The van der Waals surface area contributed by atoms with Crippen molar-refractivity contribution in [3.8, 4) is 22.8 Å². The number of ether oxygens (including phenoxy) is 2. The number of halogens is 1. The van der Waals surface area contributed by atoms with Crippen LogP contribution in [0.1, 0.15) is 6.92 Å². The Morgan fingerprint density at radius 3 is 2.45 bits per heavy atom. The summed E-state index contributed by atoms with van der Waals surface area (Å²) >= 11 is 9.36. The van der Waals surface area contributed by atoms with Gasteiger partial charge in [0.1, 0.15) is 18.8 Å². The van der Waals surface area contributed by atoms with Crippen molar-refractivity contribution >= 4 is 28.1 Å². The molecule has 2 aromatic carbocycles. The standard InChI is InChI=1S/C21H23BrN4O2S/c1-2-28-19-9-7-18(8-10-19)26-20(16-3-5-17(22)6-4-16)23-25(21(26)29)15-24-11-13-27-14-12-24/h3-10H,2,11-15H2,1H3/p+1. The van der Waals surface area contributed by atoms with E-state index in [0.29, 0.717) is 11.4 Å². The van der Waals surface area contributed by atoms with Crippen molar-refractivity contribution in [3.05, 3.63) is 57.8 Å². The van der Waals surface area contributed by atoms with E-state index in [0.717, 1.165) is 60.3 Å². The highest BCUT2D eigenvalue weighted by atomic mass is 79.9. The molecular weight excluding hydrogens is 452 g/mol. The first-order chi connectivity index (χ1) is 14.2. The lowest BCUT2D eigenvalue weighted by Gasteiger charge is -2.23. The first-order valence-corrected chi connectivity index (χ1v) is 11.0. The number of nitrogens with one attached hydrogen (secondary N) is 1. The second kappa shape index (κ2) is 9.21. The highest BCUT2D eigenvalue weighted by molar-refractivity contribution is 9.10. The van der Waals surface area contributed by atoms with Crippen LogP contribution in [0, 0.1) is 4.77 Å². The molecule has 152 valence electrons. The molecule has 0 spiro atoms. The van der Waals surface area contributed by atoms with Crippen molar-refractivity contribution in [2.24, 2.45) is 0 Å². The van der Waals surface area contributed by atoms with Gasteiger partial charge in [-0.05, 0) is 55.5 Å². The molecule has 6 nitrogen and oxygen atoms in total. The maximum atomic E-state index is 5.85. The number of quaternary nitrogens is 1. The van der Waals surface area contributed by atoms with Crippen LogP contribution in [0.2, 0.25) is 0 Å². The zero-order chi connectivity index (χ0) is 20.2. The van der Waals surface area contributed by atoms with Crippen LogP contribution in [-0.4, -0.2) is 47.3 Å².